The van der Waals surface area contributed by atoms with Gasteiger partial charge in [0.15, 0.2) is 5.78 Å². The summed E-state index contributed by atoms with van der Waals surface area (Å²) < 4.78 is 5.40. The molecule has 0 heterocycles. The minimum atomic E-state index is 0.193. The van der Waals surface area contributed by atoms with Crippen molar-refractivity contribution in [3.8, 4) is 5.75 Å². The minimum Gasteiger partial charge on any atom is -0.494 e. The maximum atomic E-state index is 12.1. The summed E-state index contributed by atoms with van der Waals surface area (Å²) in [4.78, 5) is 12.1. The van der Waals surface area contributed by atoms with Gasteiger partial charge in [-0.1, -0.05) is 26.0 Å². The first-order valence-electron chi connectivity index (χ1n) is 5.81. The van der Waals surface area contributed by atoms with Gasteiger partial charge in [-0.05, 0) is 30.9 Å². The van der Waals surface area contributed by atoms with Crippen molar-refractivity contribution in [3.05, 3.63) is 29.8 Å². The van der Waals surface area contributed by atoms with Crippen LogP contribution in [0.1, 0.15) is 37.6 Å². The van der Waals surface area contributed by atoms with Gasteiger partial charge in [-0.25, -0.2) is 0 Å². The van der Waals surface area contributed by atoms with E-state index < -0.39 is 0 Å². The molecule has 0 amide bonds. The Labute approximate surface area is 96.6 Å². The van der Waals surface area contributed by atoms with E-state index in [-0.39, 0.29) is 17.1 Å². The van der Waals surface area contributed by atoms with Gasteiger partial charge in [0, 0.05) is 11.5 Å². The van der Waals surface area contributed by atoms with Crippen molar-refractivity contribution in [2.75, 3.05) is 6.61 Å². The highest BCUT2D eigenvalue weighted by Gasteiger charge is 2.50. The molecular weight excluding hydrogens is 200 g/mol. The third-order valence-corrected chi connectivity index (χ3v) is 3.26. The second-order valence-corrected chi connectivity index (χ2v) is 5.07. The summed E-state index contributed by atoms with van der Waals surface area (Å²) in [5.41, 5.74) is 0.972. The van der Waals surface area contributed by atoms with E-state index in [1.54, 1.807) is 0 Å². The standard InChI is InChI=1S/C14H18O2/c1-4-16-11-7-5-6-10(8-11)13(15)12-9-14(12,2)3/h5-8,12H,4,9H2,1-3H3. The lowest BCUT2D eigenvalue weighted by Gasteiger charge is -2.06. The first-order chi connectivity index (χ1) is 7.54. The molecule has 16 heavy (non-hydrogen) atoms. The summed E-state index contributed by atoms with van der Waals surface area (Å²) in [5.74, 6) is 1.24. The number of ketones is 1. The Morgan fingerprint density at radius 3 is 2.75 bits per heavy atom. The Morgan fingerprint density at radius 2 is 2.19 bits per heavy atom. The molecule has 0 N–H and O–H groups in total. The number of hydrogen-bond donors (Lipinski definition) is 0. The van der Waals surface area contributed by atoms with Gasteiger partial charge in [0.1, 0.15) is 5.75 Å². The number of carbonyl (C=O) groups excluding carboxylic acids is 1. The molecule has 0 aromatic heterocycles. The van der Waals surface area contributed by atoms with Crippen LogP contribution < -0.4 is 4.74 Å². The van der Waals surface area contributed by atoms with Gasteiger partial charge in [-0.15, -0.1) is 0 Å². The number of ether oxygens (including phenoxy) is 1. The molecule has 1 fully saturated rings. The van der Waals surface area contributed by atoms with E-state index in [4.69, 9.17) is 4.74 Å². The van der Waals surface area contributed by atoms with Gasteiger partial charge in [-0.3, -0.25) is 4.79 Å². The van der Waals surface area contributed by atoms with Crippen LogP contribution in [0.4, 0.5) is 0 Å². The van der Waals surface area contributed by atoms with E-state index in [9.17, 15) is 4.79 Å². The Morgan fingerprint density at radius 1 is 1.50 bits per heavy atom. The molecule has 0 radical (unpaired) electrons. The van der Waals surface area contributed by atoms with E-state index in [1.807, 2.05) is 31.2 Å². The first-order valence-corrected chi connectivity index (χ1v) is 5.81. The molecule has 1 aromatic rings. The topological polar surface area (TPSA) is 26.3 Å². The zero-order valence-electron chi connectivity index (χ0n) is 10.1. The number of hydrogen-bond acceptors (Lipinski definition) is 2. The van der Waals surface area contributed by atoms with E-state index in [2.05, 4.69) is 13.8 Å². The summed E-state index contributed by atoms with van der Waals surface area (Å²) in [6.45, 7) is 6.86. The fraction of sp³-hybridized carbons (Fsp3) is 0.500. The summed E-state index contributed by atoms with van der Waals surface area (Å²) in [7, 11) is 0. The summed E-state index contributed by atoms with van der Waals surface area (Å²) in [5, 5.41) is 0. The van der Waals surface area contributed by atoms with Gasteiger partial charge in [0.25, 0.3) is 0 Å². The van der Waals surface area contributed by atoms with Crippen LogP contribution in [0, 0.1) is 11.3 Å². The lowest BCUT2D eigenvalue weighted by Crippen LogP contribution is -2.06. The van der Waals surface area contributed by atoms with Crippen LogP contribution >= 0.6 is 0 Å². The first kappa shape index (κ1) is 11.2. The van der Waals surface area contributed by atoms with Gasteiger partial charge < -0.3 is 4.74 Å². The summed E-state index contributed by atoms with van der Waals surface area (Å²) in [6.07, 6.45) is 1.00. The van der Waals surface area contributed by atoms with Gasteiger partial charge in [0.05, 0.1) is 6.61 Å². The average Bonchev–Trinajstić information content (AvgIpc) is 2.88. The Balaban J connectivity index is 2.15. The number of benzene rings is 1. The molecule has 86 valence electrons. The molecule has 1 aromatic carbocycles. The van der Waals surface area contributed by atoms with Crippen molar-refractivity contribution in [1.29, 1.82) is 0 Å². The monoisotopic (exact) mass is 218 g/mol. The normalized spacial score (nSPS) is 21.6. The third-order valence-electron chi connectivity index (χ3n) is 3.26. The van der Waals surface area contributed by atoms with Crippen LogP contribution in [0.25, 0.3) is 0 Å². The SMILES string of the molecule is CCOc1cccc(C(=O)C2CC2(C)C)c1. The van der Waals surface area contributed by atoms with Crippen LogP contribution in [-0.4, -0.2) is 12.4 Å². The molecule has 0 saturated heterocycles. The lowest BCUT2D eigenvalue weighted by molar-refractivity contribution is 0.0953. The van der Waals surface area contributed by atoms with Crippen molar-refractivity contribution in [3.63, 3.8) is 0 Å². The van der Waals surface area contributed by atoms with Crippen LogP contribution in [0.3, 0.4) is 0 Å². The minimum absolute atomic E-state index is 0.193. The molecule has 2 rings (SSSR count). The van der Waals surface area contributed by atoms with Crippen molar-refractivity contribution in [2.24, 2.45) is 11.3 Å². The zero-order chi connectivity index (χ0) is 11.8. The molecule has 1 aliphatic rings. The predicted octanol–water partition coefficient (Wildman–Crippen LogP) is 3.31. The molecule has 0 aliphatic heterocycles. The maximum Gasteiger partial charge on any atom is 0.166 e. The molecule has 1 saturated carbocycles. The Kier molecular flexibility index (Phi) is 2.75. The van der Waals surface area contributed by atoms with Crippen molar-refractivity contribution in [1.82, 2.24) is 0 Å². The van der Waals surface area contributed by atoms with Crippen molar-refractivity contribution < 1.29 is 9.53 Å². The lowest BCUT2D eigenvalue weighted by atomic mass is 10.0. The highest BCUT2D eigenvalue weighted by molar-refractivity contribution is 6.00. The van der Waals surface area contributed by atoms with Crippen molar-refractivity contribution in [2.45, 2.75) is 27.2 Å². The fourth-order valence-corrected chi connectivity index (χ4v) is 2.02. The quantitative estimate of drug-likeness (QED) is 0.725. The highest BCUT2D eigenvalue weighted by Crippen LogP contribution is 2.53. The average molecular weight is 218 g/mol. The third kappa shape index (κ3) is 2.11. The summed E-state index contributed by atoms with van der Waals surface area (Å²) >= 11 is 0. The van der Waals surface area contributed by atoms with Crippen LogP contribution in [0.15, 0.2) is 24.3 Å². The molecule has 1 atom stereocenters. The van der Waals surface area contributed by atoms with E-state index in [0.29, 0.717) is 6.61 Å². The zero-order valence-corrected chi connectivity index (χ0v) is 10.1. The van der Waals surface area contributed by atoms with E-state index >= 15 is 0 Å². The smallest absolute Gasteiger partial charge is 0.166 e. The van der Waals surface area contributed by atoms with Gasteiger partial charge in [-0.2, -0.15) is 0 Å². The van der Waals surface area contributed by atoms with Gasteiger partial charge in [0.2, 0.25) is 0 Å². The van der Waals surface area contributed by atoms with Crippen LogP contribution in [0.2, 0.25) is 0 Å². The molecular formula is C14H18O2. The number of Topliss-reactive ketones (excluding diaryl/α,β-unsaturated/α-hetero) is 1. The largest absolute Gasteiger partial charge is 0.494 e. The summed E-state index contributed by atoms with van der Waals surface area (Å²) in [6, 6.07) is 7.49. The van der Waals surface area contributed by atoms with Crippen LogP contribution in [0.5, 0.6) is 5.75 Å². The number of carbonyl (C=O) groups is 1. The second-order valence-electron chi connectivity index (χ2n) is 5.07. The predicted molar refractivity (Wildman–Crippen MR) is 63.8 cm³/mol. The molecule has 0 spiro atoms. The van der Waals surface area contributed by atoms with E-state index in [0.717, 1.165) is 17.7 Å². The highest BCUT2D eigenvalue weighted by atomic mass is 16.5. The van der Waals surface area contributed by atoms with Gasteiger partial charge >= 0.3 is 0 Å². The van der Waals surface area contributed by atoms with Crippen molar-refractivity contribution >= 4 is 5.78 Å². The maximum absolute atomic E-state index is 12.1. The van der Waals surface area contributed by atoms with Crippen LogP contribution in [-0.2, 0) is 0 Å². The fourth-order valence-electron chi connectivity index (χ4n) is 2.02. The molecule has 0 bridgehead atoms. The number of rotatable bonds is 4. The Hall–Kier alpha value is -1.31. The molecule has 2 heteroatoms. The molecule has 1 aliphatic carbocycles. The molecule has 2 nitrogen and oxygen atoms in total. The molecule has 1 unspecified atom stereocenters. The Bertz CT molecular complexity index is 407. The second kappa shape index (κ2) is 3.93. The van der Waals surface area contributed by atoms with E-state index in [1.165, 1.54) is 0 Å².